The highest BCUT2D eigenvalue weighted by Crippen LogP contribution is 1.87. The van der Waals surface area contributed by atoms with Crippen LogP contribution in [0.4, 0.5) is 0 Å². The highest BCUT2D eigenvalue weighted by atomic mass is 35.5. The Morgan fingerprint density at radius 1 is 1.73 bits per heavy atom. The Hall–Kier alpha value is -0.580. The van der Waals surface area contributed by atoms with Gasteiger partial charge in [-0.05, 0) is 6.92 Å². The number of carbonyl (C=O) groups excluding carboxylic acids is 1. The van der Waals surface area contributed by atoms with E-state index in [2.05, 4.69) is 16.9 Å². The lowest BCUT2D eigenvalue weighted by molar-refractivity contribution is -0.145. The normalized spacial score (nSPS) is 8.18. The van der Waals surface area contributed by atoms with Crippen LogP contribution in [0.5, 0.6) is 0 Å². The molecule has 0 saturated carbocycles. The molecule has 0 unspecified atom stereocenters. The molecule has 0 fully saturated rings. The number of hydrogen-bond donors (Lipinski definition) is 2. The summed E-state index contributed by atoms with van der Waals surface area (Å²) in [5, 5.41) is 0. The summed E-state index contributed by atoms with van der Waals surface area (Å²) < 4.78 is 0. The molecule has 5 heteroatoms. The predicted molar refractivity (Wildman–Crippen MR) is 45.2 cm³/mol. The van der Waals surface area contributed by atoms with E-state index in [9.17, 15) is 4.79 Å². The van der Waals surface area contributed by atoms with Crippen molar-refractivity contribution in [3.05, 3.63) is 12.2 Å². The summed E-state index contributed by atoms with van der Waals surface area (Å²) >= 11 is 0. The van der Waals surface area contributed by atoms with Crippen molar-refractivity contribution in [2.75, 3.05) is 13.1 Å². The van der Waals surface area contributed by atoms with Crippen molar-refractivity contribution in [2.45, 2.75) is 6.92 Å². The molecule has 66 valence electrons. The summed E-state index contributed by atoms with van der Waals surface area (Å²) in [5.41, 5.74) is 7.86. The summed E-state index contributed by atoms with van der Waals surface area (Å²) in [6, 6.07) is 0. The molecule has 0 saturated heterocycles. The van der Waals surface area contributed by atoms with E-state index in [1.165, 1.54) is 0 Å². The maximum atomic E-state index is 10.6. The average Bonchev–Trinajstić information content (AvgIpc) is 1.88. The van der Waals surface area contributed by atoms with Crippen LogP contribution >= 0.6 is 12.4 Å². The van der Waals surface area contributed by atoms with Gasteiger partial charge in [-0.15, -0.1) is 12.4 Å². The minimum atomic E-state index is -0.451. The molecule has 0 aliphatic carbocycles. The zero-order valence-electron chi connectivity index (χ0n) is 6.42. The number of hydrogen-bond acceptors (Lipinski definition) is 4. The van der Waals surface area contributed by atoms with Crippen LogP contribution < -0.4 is 11.2 Å². The van der Waals surface area contributed by atoms with Gasteiger partial charge in [0.15, 0.2) is 0 Å². The molecule has 0 aliphatic rings. The molecule has 0 heterocycles. The second-order valence-corrected chi connectivity index (χ2v) is 1.85. The third-order valence-electron chi connectivity index (χ3n) is 0.760. The Kier molecular flexibility index (Phi) is 8.92. The molecule has 0 bridgehead atoms. The van der Waals surface area contributed by atoms with E-state index in [-0.39, 0.29) is 12.4 Å². The van der Waals surface area contributed by atoms with Crippen molar-refractivity contribution in [3.63, 3.8) is 0 Å². The standard InChI is InChI=1S/C6H12N2O2.ClH/c1-5(2)6(9)10-8-4-3-7;/h8H,1,3-4,7H2,2H3;1H. The summed E-state index contributed by atoms with van der Waals surface area (Å²) in [4.78, 5) is 15.1. The Morgan fingerprint density at radius 3 is 2.64 bits per heavy atom. The lowest BCUT2D eigenvalue weighted by atomic mass is 10.4. The van der Waals surface area contributed by atoms with E-state index < -0.39 is 5.97 Å². The van der Waals surface area contributed by atoms with Crippen LogP contribution in [0, 0.1) is 0 Å². The highest BCUT2D eigenvalue weighted by molar-refractivity contribution is 5.86. The molecular weight excluding hydrogens is 168 g/mol. The Bertz CT molecular complexity index is 139. The Balaban J connectivity index is 0. The fourth-order valence-electron chi connectivity index (χ4n) is 0.263. The van der Waals surface area contributed by atoms with Crippen LogP contribution in [0.2, 0.25) is 0 Å². The second-order valence-electron chi connectivity index (χ2n) is 1.85. The third-order valence-corrected chi connectivity index (χ3v) is 0.760. The quantitative estimate of drug-likeness (QED) is 0.363. The Morgan fingerprint density at radius 2 is 2.27 bits per heavy atom. The lowest BCUT2D eigenvalue weighted by Gasteiger charge is -2.02. The molecule has 0 aromatic heterocycles. The topological polar surface area (TPSA) is 64.3 Å². The van der Waals surface area contributed by atoms with Crippen molar-refractivity contribution in [2.24, 2.45) is 5.73 Å². The van der Waals surface area contributed by atoms with Crippen LogP contribution in [0.1, 0.15) is 6.92 Å². The van der Waals surface area contributed by atoms with Crippen molar-refractivity contribution >= 4 is 18.4 Å². The fourth-order valence-corrected chi connectivity index (χ4v) is 0.263. The van der Waals surface area contributed by atoms with Crippen molar-refractivity contribution in [1.29, 1.82) is 0 Å². The van der Waals surface area contributed by atoms with Gasteiger partial charge in [-0.3, -0.25) is 0 Å². The van der Waals surface area contributed by atoms with E-state index in [0.29, 0.717) is 18.7 Å². The highest BCUT2D eigenvalue weighted by Gasteiger charge is 2.00. The average molecular weight is 181 g/mol. The van der Waals surface area contributed by atoms with Gasteiger partial charge in [0.25, 0.3) is 0 Å². The van der Waals surface area contributed by atoms with E-state index in [1.807, 2.05) is 0 Å². The minimum Gasteiger partial charge on any atom is -0.367 e. The first-order chi connectivity index (χ1) is 4.68. The van der Waals surface area contributed by atoms with E-state index in [0.717, 1.165) is 0 Å². The van der Waals surface area contributed by atoms with Crippen LogP contribution in [0.15, 0.2) is 12.2 Å². The summed E-state index contributed by atoms with van der Waals surface area (Å²) in [5.74, 6) is -0.451. The molecule has 11 heavy (non-hydrogen) atoms. The van der Waals surface area contributed by atoms with Crippen LogP contribution in [-0.2, 0) is 9.63 Å². The molecule has 0 radical (unpaired) electrons. The van der Waals surface area contributed by atoms with Gasteiger partial charge in [-0.25, -0.2) is 4.79 Å². The van der Waals surface area contributed by atoms with Gasteiger partial charge >= 0.3 is 5.97 Å². The number of carbonyl (C=O) groups is 1. The maximum absolute atomic E-state index is 10.6. The van der Waals surface area contributed by atoms with Crippen LogP contribution in [0.3, 0.4) is 0 Å². The molecule has 0 amide bonds. The molecule has 0 spiro atoms. The van der Waals surface area contributed by atoms with Gasteiger partial charge in [0, 0.05) is 18.7 Å². The van der Waals surface area contributed by atoms with Gasteiger partial charge in [0.05, 0.1) is 0 Å². The van der Waals surface area contributed by atoms with Crippen molar-refractivity contribution in [1.82, 2.24) is 5.48 Å². The molecule has 4 nitrogen and oxygen atoms in total. The van der Waals surface area contributed by atoms with Gasteiger partial charge < -0.3 is 10.6 Å². The molecule has 0 atom stereocenters. The van der Waals surface area contributed by atoms with Crippen LogP contribution in [0.25, 0.3) is 0 Å². The second kappa shape index (κ2) is 7.53. The fraction of sp³-hybridized carbons (Fsp3) is 0.500. The monoisotopic (exact) mass is 180 g/mol. The molecule has 3 N–H and O–H groups in total. The van der Waals surface area contributed by atoms with E-state index >= 15 is 0 Å². The SMILES string of the molecule is C=C(C)C(=O)ONCCN.Cl. The van der Waals surface area contributed by atoms with E-state index in [4.69, 9.17) is 5.73 Å². The third kappa shape index (κ3) is 7.32. The predicted octanol–water partition coefficient (Wildman–Crippen LogP) is -0.00920. The number of nitrogens with one attached hydrogen (secondary N) is 1. The first kappa shape index (κ1) is 13.0. The first-order valence-electron chi connectivity index (χ1n) is 2.98. The van der Waals surface area contributed by atoms with Crippen molar-refractivity contribution in [3.8, 4) is 0 Å². The molecule has 0 aliphatic heterocycles. The number of hydroxylamine groups is 1. The van der Waals surface area contributed by atoms with Gasteiger partial charge in [0.1, 0.15) is 0 Å². The summed E-state index contributed by atoms with van der Waals surface area (Å²) in [6.45, 7) is 5.86. The Labute approximate surface area is 72.1 Å². The number of halogens is 1. The first-order valence-corrected chi connectivity index (χ1v) is 2.98. The lowest BCUT2D eigenvalue weighted by Crippen LogP contribution is -2.26. The van der Waals surface area contributed by atoms with Crippen molar-refractivity contribution < 1.29 is 9.63 Å². The smallest absolute Gasteiger partial charge is 0.351 e. The summed E-state index contributed by atoms with van der Waals surface area (Å²) in [7, 11) is 0. The molecular formula is C6H13ClN2O2. The van der Waals surface area contributed by atoms with Gasteiger partial charge in [-0.2, -0.15) is 5.48 Å². The number of rotatable bonds is 4. The van der Waals surface area contributed by atoms with Gasteiger partial charge in [0.2, 0.25) is 0 Å². The minimum absolute atomic E-state index is 0. The van der Waals surface area contributed by atoms with Gasteiger partial charge in [-0.1, -0.05) is 6.58 Å². The summed E-state index contributed by atoms with van der Waals surface area (Å²) in [6.07, 6.45) is 0. The number of nitrogens with two attached hydrogens (primary N) is 1. The molecule has 0 aromatic rings. The maximum Gasteiger partial charge on any atom is 0.351 e. The molecule has 0 rings (SSSR count). The zero-order chi connectivity index (χ0) is 7.98. The van der Waals surface area contributed by atoms with Crippen LogP contribution in [-0.4, -0.2) is 19.1 Å². The molecule has 0 aromatic carbocycles. The van der Waals surface area contributed by atoms with E-state index in [1.54, 1.807) is 6.92 Å². The zero-order valence-corrected chi connectivity index (χ0v) is 7.24. The largest absolute Gasteiger partial charge is 0.367 e.